The second-order valence-corrected chi connectivity index (χ2v) is 6.40. The van der Waals surface area contributed by atoms with Crippen molar-refractivity contribution >= 4 is 17.1 Å². The highest BCUT2D eigenvalue weighted by molar-refractivity contribution is 7.11. The highest BCUT2D eigenvalue weighted by atomic mass is 32.1. The van der Waals surface area contributed by atoms with Crippen LogP contribution in [0.1, 0.15) is 47.7 Å². The maximum Gasteiger partial charge on any atom is 0.171 e. The van der Waals surface area contributed by atoms with Gasteiger partial charge in [0.15, 0.2) is 5.78 Å². The molecule has 2 rings (SSSR count). The van der Waals surface area contributed by atoms with E-state index in [0.29, 0.717) is 6.42 Å². The summed E-state index contributed by atoms with van der Waals surface area (Å²) in [6.45, 7) is 4.04. The molecule has 0 aromatic carbocycles. The quantitative estimate of drug-likeness (QED) is 0.841. The van der Waals surface area contributed by atoms with E-state index < -0.39 is 5.60 Å². The third-order valence-corrected chi connectivity index (χ3v) is 5.02. The molecule has 0 atom stereocenters. The molecular formula is C14H21NO2S. The third-order valence-electron chi connectivity index (χ3n) is 3.94. The summed E-state index contributed by atoms with van der Waals surface area (Å²) in [5, 5.41) is 0.928. The van der Waals surface area contributed by atoms with Crippen LogP contribution in [-0.4, -0.2) is 23.5 Å². The zero-order valence-corrected chi connectivity index (χ0v) is 12.2. The van der Waals surface area contributed by atoms with Crippen LogP contribution >= 0.6 is 11.3 Å². The molecule has 1 aromatic heterocycles. The first-order valence-corrected chi connectivity index (χ1v) is 7.40. The predicted octanol–water partition coefficient (Wildman–Crippen LogP) is 3.22. The number of Topliss-reactive ketones (excluding diaryl/α,β-unsaturated/α-hetero) is 1. The Balaban J connectivity index is 2.10. The van der Waals surface area contributed by atoms with Gasteiger partial charge < -0.3 is 4.74 Å². The maximum absolute atomic E-state index is 12.5. The third kappa shape index (κ3) is 2.64. The molecule has 1 fully saturated rings. The van der Waals surface area contributed by atoms with E-state index in [9.17, 15) is 4.79 Å². The molecule has 0 amide bonds. The molecule has 4 heteroatoms. The largest absolute Gasteiger partial charge is 0.370 e. The molecule has 1 aliphatic carbocycles. The lowest BCUT2D eigenvalue weighted by molar-refractivity contribution is -0.144. The summed E-state index contributed by atoms with van der Waals surface area (Å²) in [5.41, 5.74) is 0.504. The van der Waals surface area contributed by atoms with Gasteiger partial charge in [-0.15, -0.1) is 11.3 Å². The molecular weight excluding hydrogens is 246 g/mol. The molecule has 100 valence electrons. The van der Waals surface area contributed by atoms with Gasteiger partial charge >= 0.3 is 0 Å². The Labute approximate surface area is 113 Å². The van der Waals surface area contributed by atoms with Gasteiger partial charge in [-0.2, -0.15) is 0 Å². The fourth-order valence-corrected chi connectivity index (χ4v) is 3.57. The zero-order valence-electron chi connectivity index (χ0n) is 11.4. The number of thiazole rings is 1. The summed E-state index contributed by atoms with van der Waals surface area (Å²) in [6.07, 6.45) is 5.56. The molecule has 0 saturated heterocycles. The fourth-order valence-electron chi connectivity index (χ4n) is 2.63. The standard InChI is InChI=1S/C14H21NO2S/c1-10-11(2)18-13(15-10)9-12(16)14(17-3)7-5-4-6-8-14/h4-9H2,1-3H3. The van der Waals surface area contributed by atoms with Gasteiger partial charge in [0.2, 0.25) is 0 Å². The number of nitrogens with zero attached hydrogens (tertiary/aromatic N) is 1. The van der Waals surface area contributed by atoms with E-state index >= 15 is 0 Å². The summed E-state index contributed by atoms with van der Waals surface area (Å²) in [7, 11) is 1.67. The van der Waals surface area contributed by atoms with Gasteiger partial charge in [-0.1, -0.05) is 19.3 Å². The van der Waals surface area contributed by atoms with Crippen LogP contribution in [-0.2, 0) is 16.0 Å². The highest BCUT2D eigenvalue weighted by Gasteiger charge is 2.39. The number of ether oxygens (including phenoxy) is 1. The van der Waals surface area contributed by atoms with E-state index in [-0.39, 0.29) is 5.78 Å². The second-order valence-electron chi connectivity index (χ2n) is 5.11. The van der Waals surface area contributed by atoms with E-state index in [1.807, 2.05) is 13.8 Å². The van der Waals surface area contributed by atoms with Crippen LogP contribution in [0, 0.1) is 13.8 Å². The van der Waals surface area contributed by atoms with Crippen molar-refractivity contribution in [3.8, 4) is 0 Å². The van der Waals surface area contributed by atoms with Crippen molar-refractivity contribution < 1.29 is 9.53 Å². The van der Waals surface area contributed by atoms with Gasteiger partial charge in [-0.25, -0.2) is 4.98 Å². The lowest BCUT2D eigenvalue weighted by atomic mass is 9.80. The molecule has 0 N–H and O–H groups in total. The fraction of sp³-hybridized carbons (Fsp3) is 0.714. The molecule has 0 spiro atoms. The Hall–Kier alpha value is -0.740. The lowest BCUT2D eigenvalue weighted by Gasteiger charge is -2.34. The average molecular weight is 267 g/mol. The zero-order chi connectivity index (χ0) is 13.2. The van der Waals surface area contributed by atoms with Crippen LogP contribution in [0.15, 0.2) is 0 Å². The Bertz CT molecular complexity index is 414. The molecule has 1 saturated carbocycles. The number of hydrogen-bond donors (Lipinski definition) is 0. The van der Waals surface area contributed by atoms with Crippen LogP contribution in [0.3, 0.4) is 0 Å². The van der Waals surface area contributed by atoms with Crippen LogP contribution in [0.2, 0.25) is 0 Å². The number of methoxy groups -OCH3 is 1. The Morgan fingerprint density at radius 3 is 2.50 bits per heavy atom. The van der Waals surface area contributed by atoms with Gasteiger partial charge in [0.1, 0.15) is 10.6 Å². The van der Waals surface area contributed by atoms with E-state index in [1.54, 1.807) is 18.4 Å². The van der Waals surface area contributed by atoms with Gasteiger partial charge in [0.25, 0.3) is 0 Å². The summed E-state index contributed by atoms with van der Waals surface area (Å²) >= 11 is 1.63. The molecule has 18 heavy (non-hydrogen) atoms. The van der Waals surface area contributed by atoms with Crippen LogP contribution in [0.5, 0.6) is 0 Å². The summed E-state index contributed by atoms with van der Waals surface area (Å²) in [4.78, 5) is 18.1. The predicted molar refractivity (Wildman–Crippen MR) is 73.1 cm³/mol. The Morgan fingerprint density at radius 2 is 2.00 bits per heavy atom. The number of hydrogen-bond acceptors (Lipinski definition) is 4. The number of aryl methyl sites for hydroxylation is 2. The minimum absolute atomic E-state index is 0.207. The molecule has 0 bridgehead atoms. The SMILES string of the molecule is COC1(C(=O)Cc2nc(C)c(C)s2)CCCCC1. The van der Waals surface area contributed by atoms with Crippen molar-refractivity contribution in [2.75, 3.05) is 7.11 Å². The van der Waals surface area contributed by atoms with Crippen molar-refractivity contribution in [1.82, 2.24) is 4.98 Å². The van der Waals surface area contributed by atoms with E-state index in [0.717, 1.165) is 36.4 Å². The summed E-state index contributed by atoms with van der Waals surface area (Å²) < 4.78 is 5.58. The monoisotopic (exact) mass is 267 g/mol. The van der Waals surface area contributed by atoms with Crippen molar-refractivity contribution in [2.24, 2.45) is 0 Å². The van der Waals surface area contributed by atoms with Gasteiger partial charge in [-0.3, -0.25) is 4.79 Å². The normalized spacial score (nSPS) is 18.8. The van der Waals surface area contributed by atoms with Gasteiger partial charge in [0, 0.05) is 12.0 Å². The van der Waals surface area contributed by atoms with Crippen molar-refractivity contribution in [2.45, 2.75) is 58.0 Å². The maximum atomic E-state index is 12.5. The summed E-state index contributed by atoms with van der Waals surface area (Å²) in [6, 6.07) is 0. The topological polar surface area (TPSA) is 39.2 Å². The summed E-state index contributed by atoms with van der Waals surface area (Å²) in [5.74, 6) is 0.207. The van der Waals surface area contributed by atoms with Crippen molar-refractivity contribution in [3.63, 3.8) is 0 Å². The number of carbonyl (C=O) groups is 1. The number of rotatable bonds is 4. The van der Waals surface area contributed by atoms with Crippen LogP contribution < -0.4 is 0 Å². The molecule has 3 nitrogen and oxygen atoms in total. The molecule has 0 radical (unpaired) electrons. The van der Waals surface area contributed by atoms with E-state index in [1.165, 1.54) is 11.3 Å². The highest BCUT2D eigenvalue weighted by Crippen LogP contribution is 2.33. The first-order valence-electron chi connectivity index (χ1n) is 6.59. The minimum atomic E-state index is -0.536. The van der Waals surface area contributed by atoms with Crippen LogP contribution in [0.25, 0.3) is 0 Å². The minimum Gasteiger partial charge on any atom is -0.370 e. The molecule has 0 unspecified atom stereocenters. The van der Waals surface area contributed by atoms with E-state index in [4.69, 9.17) is 4.74 Å². The number of ketones is 1. The first kappa shape index (κ1) is 13.7. The van der Waals surface area contributed by atoms with Gasteiger partial charge in [-0.05, 0) is 26.7 Å². The molecule has 1 aliphatic rings. The Kier molecular flexibility index (Phi) is 4.17. The number of aromatic nitrogens is 1. The second kappa shape index (κ2) is 5.49. The lowest BCUT2D eigenvalue weighted by Crippen LogP contribution is -2.43. The molecule has 1 aromatic rings. The van der Waals surface area contributed by atoms with Crippen LogP contribution in [0.4, 0.5) is 0 Å². The Morgan fingerprint density at radius 1 is 1.33 bits per heavy atom. The van der Waals surface area contributed by atoms with Crippen molar-refractivity contribution in [3.05, 3.63) is 15.6 Å². The van der Waals surface area contributed by atoms with Gasteiger partial charge in [0.05, 0.1) is 12.1 Å². The van der Waals surface area contributed by atoms with E-state index in [2.05, 4.69) is 4.98 Å². The molecule has 1 heterocycles. The van der Waals surface area contributed by atoms with Crippen molar-refractivity contribution in [1.29, 1.82) is 0 Å². The average Bonchev–Trinajstić information content (AvgIpc) is 2.69. The smallest absolute Gasteiger partial charge is 0.171 e. The number of carbonyl (C=O) groups excluding carboxylic acids is 1. The molecule has 0 aliphatic heterocycles. The first-order chi connectivity index (χ1) is 8.57.